The fraction of sp³-hybridized carbons (Fsp3) is 0.455. The van der Waals surface area contributed by atoms with E-state index in [0.717, 1.165) is 18.1 Å². The summed E-state index contributed by atoms with van der Waals surface area (Å²) in [6.45, 7) is 2.28. The number of anilines is 1. The number of fused-ring (bicyclic) bond motifs is 2. The predicted octanol–water partition coefficient (Wildman–Crippen LogP) is 2.47. The smallest absolute Gasteiger partial charge is 0.0430 e. The fourth-order valence-electron chi connectivity index (χ4n) is 2.51. The first-order valence-electron chi connectivity index (χ1n) is 5.08. The van der Waals surface area contributed by atoms with Crippen LogP contribution in [0.3, 0.4) is 0 Å². The Bertz CT molecular complexity index is 341. The first-order valence-corrected chi connectivity index (χ1v) is 5.46. The van der Waals surface area contributed by atoms with E-state index in [-0.39, 0.29) is 17.0 Å². The topological polar surface area (TPSA) is 15.3 Å². The SMILES string of the molecule is Br.Clc1ccc(N2C[C@H]3C[C@H]2CN3)cc1. The molecule has 0 unspecified atom stereocenters. The lowest BCUT2D eigenvalue weighted by Crippen LogP contribution is -2.43. The molecule has 2 heterocycles. The first-order chi connectivity index (χ1) is 6.83. The Morgan fingerprint density at radius 1 is 1.27 bits per heavy atom. The van der Waals surface area contributed by atoms with Crippen LogP contribution in [0.1, 0.15) is 6.42 Å². The van der Waals surface area contributed by atoms with Gasteiger partial charge in [-0.05, 0) is 30.7 Å². The number of halogens is 2. The lowest BCUT2D eigenvalue weighted by atomic mass is 10.2. The third kappa shape index (κ3) is 2.01. The summed E-state index contributed by atoms with van der Waals surface area (Å²) in [4.78, 5) is 2.48. The van der Waals surface area contributed by atoms with Gasteiger partial charge in [-0.2, -0.15) is 0 Å². The van der Waals surface area contributed by atoms with E-state index in [2.05, 4.69) is 22.3 Å². The van der Waals surface area contributed by atoms with E-state index in [0.29, 0.717) is 12.1 Å². The minimum absolute atomic E-state index is 0. The number of nitrogens with zero attached hydrogens (tertiary/aromatic N) is 1. The zero-order valence-electron chi connectivity index (χ0n) is 8.32. The van der Waals surface area contributed by atoms with Crippen molar-refractivity contribution in [2.75, 3.05) is 18.0 Å². The normalized spacial score (nSPS) is 27.9. The van der Waals surface area contributed by atoms with Crippen LogP contribution in [0.5, 0.6) is 0 Å². The van der Waals surface area contributed by atoms with Gasteiger partial charge in [0, 0.05) is 35.9 Å². The maximum absolute atomic E-state index is 5.87. The standard InChI is InChI=1S/C11H13ClN2.BrH/c12-8-1-3-10(4-2-8)14-7-9-5-11(14)6-13-9;/h1-4,9,11,13H,5-7H2;1H/t9-,11+;/m1./s1. The monoisotopic (exact) mass is 288 g/mol. The van der Waals surface area contributed by atoms with Crippen molar-refractivity contribution in [3.05, 3.63) is 29.3 Å². The summed E-state index contributed by atoms with van der Waals surface area (Å²) >= 11 is 5.87. The van der Waals surface area contributed by atoms with Crippen molar-refractivity contribution >= 4 is 34.3 Å². The summed E-state index contributed by atoms with van der Waals surface area (Å²) in [5, 5.41) is 4.32. The van der Waals surface area contributed by atoms with Crippen LogP contribution in [0.25, 0.3) is 0 Å². The third-order valence-corrected chi connectivity index (χ3v) is 3.47. The van der Waals surface area contributed by atoms with Gasteiger partial charge in [-0.25, -0.2) is 0 Å². The van der Waals surface area contributed by atoms with E-state index in [4.69, 9.17) is 11.6 Å². The van der Waals surface area contributed by atoms with Crippen LogP contribution in [0.15, 0.2) is 24.3 Å². The predicted molar refractivity (Wildman–Crippen MR) is 69.3 cm³/mol. The van der Waals surface area contributed by atoms with Crippen LogP contribution < -0.4 is 10.2 Å². The van der Waals surface area contributed by atoms with E-state index < -0.39 is 0 Å². The minimum atomic E-state index is 0. The molecule has 2 atom stereocenters. The van der Waals surface area contributed by atoms with Crippen LogP contribution in [-0.2, 0) is 0 Å². The second kappa shape index (κ2) is 4.32. The van der Waals surface area contributed by atoms with Gasteiger partial charge in [0.05, 0.1) is 0 Å². The van der Waals surface area contributed by atoms with Gasteiger partial charge in [-0.1, -0.05) is 11.6 Å². The van der Waals surface area contributed by atoms with Crippen molar-refractivity contribution in [2.24, 2.45) is 0 Å². The van der Waals surface area contributed by atoms with Gasteiger partial charge in [-0.3, -0.25) is 0 Å². The molecule has 2 saturated heterocycles. The highest BCUT2D eigenvalue weighted by Gasteiger charge is 2.37. The molecule has 1 aromatic carbocycles. The first kappa shape index (κ1) is 11.2. The van der Waals surface area contributed by atoms with Crippen LogP contribution in [0, 0.1) is 0 Å². The quantitative estimate of drug-likeness (QED) is 0.854. The molecule has 1 aromatic rings. The van der Waals surface area contributed by atoms with Gasteiger partial charge < -0.3 is 10.2 Å². The number of benzene rings is 1. The highest BCUT2D eigenvalue weighted by atomic mass is 79.9. The Hall–Kier alpha value is -0.250. The molecule has 0 spiro atoms. The Labute approximate surface area is 105 Å². The zero-order valence-corrected chi connectivity index (χ0v) is 10.8. The van der Waals surface area contributed by atoms with Gasteiger partial charge in [0.25, 0.3) is 0 Å². The fourth-order valence-corrected chi connectivity index (χ4v) is 2.64. The summed E-state index contributed by atoms with van der Waals surface area (Å²) in [6.07, 6.45) is 1.29. The number of piperazine rings is 1. The molecule has 4 heteroatoms. The summed E-state index contributed by atoms with van der Waals surface area (Å²) < 4.78 is 0. The van der Waals surface area contributed by atoms with Crippen molar-refractivity contribution in [3.8, 4) is 0 Å². The van der Waals surface area contributed by atoms with E-state index in [1.807, 2.05) is 12.1 Å². The molecule has 0 saturated carbocycles. The van der Waals surface area contributed by atoms with Crippen molar-refractivity contribution < 1.29 is 0 Å². The number of rotatable bonds is 1. The largest absolute Gasteiger partial charge is 0.366 e. The Balaban J connectivity index is 0.000000853. The molecule has 0 amide bonds. The van der Waals surface area contributed by atoms with E-state index >= 15 is 0 Å². The molecule has 0 aromatic heterocycles. The van der Waals surface area contributed by atoms with Crippen LogP contribution >= 0.6 is 28.6 Å². The molecule has 82 valence electrons. The van der Waals surface area contributed by atoms with Crippen LogP contribution in [0.2, 0.25) is 5.02 Å². The lowest BCUT2D eigenvalue weighted by molar-refractivity contribution is 0.580. The van der Waals surface area contributed by atoms with Gasteiger partial charge in [0.2, 0.25) is 0 Å². The molecule has 0 aliphatic carbocycles. The van der Waals surface area contributed by atoms with E-state index in [1.54, 1.807) is 0 Å². The molecule has 2 nitrogen and oxygen atoms in total. The van der Waals surface area contributed by atoms with E-state index in [1.165, 1.54) is 12.1 Å². The lowest BCUT2D eigenvalue weighted by Gasteiger charge is -2.29. The second-order valence-corrected chi connectivity index (χ2v) is 4.56. The average molecular weight is 290 g/mol. The number of nitrogens with one attached hydrogen (secondary N) is 1. The third-order valence-electron chi connectivity index (χ3n) is 3.21. The van der Waals surface area contributed by atoms with Crippen molar-refractivity contribution in [1.82, 2.24) is 5.32 Å². The molecule has 1 N–H and O–H groups in total. The number of hydrogen-bond donors (Lipinski definition) is 1. The van der Waals surface area contributed by atoms with Gasteiger partial charge in [-0.15, -0.1) is 17.0 Å². The van der Waals surface area contributed by atoms with Crippen LogP contribution in [-0.4, -0.2) is 25.2 Å². The minimum Gasteiger partial charge on any atom is -0.366 e. The molecular formula is C11H14BrClN2. The van der Waals surface area contributed by atoms with Crippen molar-refractivity contribution in [1.29, 1.82) is 0 Å². The molecular weight excluding hydrogens is 275 g/mol. The summed E-state index contributed by atoms with van der Waals surface area (Å²) in [5.41, 5.74) is 1.31. The summed E-state index contributed by atoms with van der Waals surface area (Å²) in [7, 11) is 0. The second-order valence-electron chi connectivity index (χ2n) is 4.12. The molecule has 2 fully saturated rings. The molecule has 0 radical (unpaired) electrons. The zero-order chi connectivity index (χ0) is 9.54. The summed E-state index contributed by atoms with van der Waals surface area (Å²) in [6, 6.07) is 9.57. The van der Waals surface area contributed by atoms with Gasteiger partial charge in [0.1, 0.15) is 0 Å². The maximum atomic E-state index is 5.87. The van der Waals surface area contributed by atoms with E-state index in [9.17, 15) is 0 Å². The highest BCUT2D eigenvalue weighted by molar-refractivity contribution is 8.93. The summed E-state index contributed by atoms with van der Waals surface area (Å²) in [5.74, 6) is 0. The maximum Gasteiger partial charge on any atom is 0.0430 e. The van der Waals surface area contributed by atoms with Gasteiger partial charge >= 0.3 is 0 Å². The van der Waals surface area contributed by atoms with Gasteiger partial charge in [0.15, 0.2) is 0 Å². The average Bonchev–Trinajstić information content (AvgIpc) is 2.80. The Kier molecular flexibility index (Phi) is 3.24. The molecule has 2 bridgehead atoms. The van der Waals surface area contributed by atoms with Crippen molar-refractivity contribution in [3.63, 3.8) is 0 Å². The highest BCUT2D eigenvalue weighted by Crippen LogP contribution is 2.29. The van der Waals surface area contributed by atoms with Crippen LogP contribution in [0.4, 0.5) is 5.69 Å². The molecule has 2 aliphatic heterocycles. The number of hydrogen-bond acceptors (Lipinski definition) is 2. The molecule has 3 rings (SSSR count). The Morgan fingerprint density at radius 3 is 2.53 bits per heavy atom. The Morgan fingerprint density at radius 2 is 2.00 bits per heavy atom. The molecule has 15 heavy (non-hydrogen) atoms. The molecule has 2 aliphatic rings. The van der Waals surface area contributed by atoms with Crippen molar-refractivity contribution in [2.45, 2.75) is 18.5 Å².